The predicted octanol–water partition coefficient (Wildman–Crippen LogP) is 3.91. The highest BCUT2D eigenvalue weighted by Gasteiger charge is 2.36. The molecule has 1 heterocycles. The number of ketones is 1. The molecule has 0 unspecified atom stereocenters. The van der Waals surface area contributed by atoms with Crippen molar-refractivity contribution < 1.29 is 14.4 Å². The Morgan fingerprint density at radius 1 is 1.04 bits per heavy atom. The van der Waals surface area contributed by atoms with Crippen LogP contribution in [0.15, 0.2) is 59.5 Å². The van der Waals surface area contributed by atoms with Gasteiger partial charge in [-0.1, -0.05) is 60.2 Å². The van der Waals surface area contributed by atoms with Crippen molar-refractivity contribution in [1.82, 2.24) is 4.90 Å². The average Bonchev–Trinajstić information content (AvgIpc) is 2.85. The topological polar surface area (TPSA) is 54.5 Å². The van der Waals surface area contributed by atoms with Crippen LogP contribution in [-0.4, -0.2) is 28.4 Å². The van der Waals surface area contributed by atoms with Crippen molar-refractivity contribution in [2.45, 2.75) is 6.92 Å². The first-order chi connectivity index (χ1) is 11.5. The lowest BCUT2D eigenvalue weighted by molar-refractivity contribution is -0.122. The number of hydrogen-bond donors (Lipinski definition) is 0. The summed E-state index contributed by atoms with van der Waals surface area (Å²) in [6, 6.07) is 16.3. The van der Waals surface area contributed by atoms with E-state index < -0.39 is 11.1 Å². The van der Waals surface area contributed by atoms with Crippen LogP contribution >= 0.6 is 11.8 Å². The van der Waals surface area contributed by atoms with Gasteiger partial charge in [-0.15, -0.1) is 0 Å². The fraction of sp³-hybridized carbons (Fsp3) is 0.105. The molecule has 120 valence electrons. The molecule has 4 nitrogen and oxygen atoms in total. The molecule has 2 aromatic carbocycles. The summed E-state index contributed by atoms with van der Waals surface area (Å²) in [5.41, 5.74) is 2.45. The van der Waals surface area contributed by atoms with Crippen molar-refractivity contribution in [3.8, 4) is 0 Å². The Hall–Kier alpha value is -2.66. The molecular weight excluding hydrogens is 322 g/mol. The highest BCUT2D eigenvalue weighted by atomic mass is 32.2. The van der Waals surface area contributed by atoms with Crippen molar-refractivity contribution in [1.29, 1.82) is 0 Å². The van der Waals surface area contributed by atoms with Gasteiger partial charge in [-0.3, -0.25) is 19.3 Å². The molecule has 2 aromatic rings. The van der Waals surface area contributed by atoms with E-state index >= 15 is 0 Å². The summed E-state index contributed by atoms with van der Waals surface area (Å²) in [6.07, 6.45) is 1.68. The molecule has 1 aliphatic rings. The van der Waals surface area contributed by atoms with Crippen LogP contribution in [0.25, 0.3) is 6.08 Å². The zero-order chi connectivity index (χ0) is 17.1. The first-order valence-electron chi connectivity index (χ1n) is 7.45. The first kappa shape index (κ1) is 16.2. The lowest BCUT2D eigenvalue weighted by Gasteiger charge is -2.11. The van der Waals surface area contributed by atoms with Gasteiger partial charge in [0, 0.05) is 5.56 Å². The predicted molar refractivity (Wildman–Crippen MR) is 94.6 cm³/mol. The van der Waals surface area contributed by atoms with E-state index in [0.717, 1.165) is 27.8 Å². The Bertz CT molecular complexity index is 825. The molecule has 0 bridgehead atoms. The third kappa shape index (κ3) is 3.46. The summed E-state index contributed by atoms with van der Waals surface area (Å²) >= 11 is 0.864. The van der Waals surface area contributed by atoms with E-state index in [1.165, 1.54) is 0 Å². The van der Waals surface area contributed by atoms with E-state index in [2.05, 4.69) is 0 Å². The molecule has 0 saturated carbocycles. The summed E-state index contributed by atoms with van der Waals surface area (Å²) in [6.45, 7) is 1.74. The number of nitrogens with zero attached hydrogens (tertiary/aromatic N) is 1. The molecule has 0 radical (unpaired) electrons. The lowest BCUT2D eigenvalue weighted by atomic mass is 10.1. The Labute approximate surface area is 144 Å². The summed E-state index contributed by atoms with van der Waals surface area (Å²) in [5, 5.41) is -0.414. The van der Waals surface area contributed by atoms with Crippen LogP contribution in [0.1, 0.15) is 21.5 Å². The Morgan fingerprint density at radius 2 is 1.71 bits per heavy atom. The quantitative estimate of drug-likeness (QED) is 0.627. The molecular formula is C19H15NO3S. The lowest BCUT2D eigenvalue weighted by Crippen LogP contribution is -2.33. The summed E-state index contributed by atoms with van der Waals surface area (Å²) < 4.78 is 0. The largest absolute Gasteiger partial charge is 0.293 e. The van der Waals surface area contributed by atoms with Gasteiger partial charge in [0.1, 0.15) is 0 Å². The fourth-order valence-corrected chi connectivity index (χ4v) is 3.15. The molecule has 0 N–H and O–H groups in total. The van der Waals surface area contributed by atoms with Crippen LogP contribution in [0, 0.1) is 6.92 Å². The van der Waals surface area contributed by atoms with Crippen LogP contribution < -0.4 is 0 Å². The summed E-state index contributed by atoms with van der Waals surface area (Å²) in [4.78, 5) is 38.1. The maximum absolute atomic E-state index is 12.4. The highest BCUT2D eigenvalue weighted by molar-refractivity contribution is 8.18. The molecule has 0 aliphatic carbocycles. The standard InChI is InChI=1S/C19H15NO3S/c1-13-7-9-14(10-8-13)11-17-18(22)20(19(23)24-17)12-16(21)15-5-3-2-4-6-15/h2-11H,12H2,1H3/b17-11-. The van der Waals surface area contributed by atoms with Gasteiger partial charge >= 0.3 is 0 Å². The highest BCUT2D eigenvalue weighted by Crippen LogP contribution is 2.32. The third-order valence-corrected chi connectivity index (χ3v) is 4.55. The van der Waals surface area contributed by atoms with Crippen molar-refractivity contribution in [3.05, 3.63) is 76.2 Å². The minimum atomic E-state index is -0.421. The van der Waals surface area contributed by atoms with Gasteiger partial charge in [0.15, 0.2) is 5.78 Å². The number of benzene rings is 2. The maximum Gasteiger partial charge on any atom is 0.293 e. The van der Waals surface area contributed by atoms with Gasteiger partial charge in [-0.25, -0.2) is 0 Å². The maximum atomic E-state index is 12.4. The minimum absolute atomic E-state index is 0.236. The smallest absolute Gasteiger partial charge is 0.292 e. The average molecular weight is 337 g/mol. The Kier molecular flexibility index (Phi) is 4.62. The molecule has 1 aliphatic heterocycles. The SMILES string of the molecule is Cc1ccc(/C=C2\SC(=O)N(CC(=O)c3ccccc3)C2=O)cc1. The van der Waals surface area contributed by atoms with E-state index in [4.69, 9.17) is 0 Å². The van der Waals surface area contributed by atoms with E-state index in [1.807, 2.05) is 31.2 Å². The van der Waals surface area contributed by atoms with E-state index in [-0.39, 0.29) is 12.3 Å². The second-order valence-electron chi connectivity index (χ2n) is 5.47. The summed E-state index contributed by atoms with van der Waals surface area (Å²) in [7, 11) is 0. The zero-order valence-corrected chi connectivity index (χ0v) is 13.9. The number of amides is 2. The number of hydrogen-bond acceptors (Lipinski definition) is 4. The van der Waals surface area contributed by atoms with Gasteiger partial charge < -0.3 is 0 Å². The van der Waals surface area contributed by atoms with Crippen LogP contribution in [0.4, 0.5) is 4.79 Å². The van der Waals surface area contributed by atoms with Crippen molar-refractivity contribution in [3.63, 3.8) is 0 Å². The van der Waals surface area contributed by atoms with Crippen molar-refractivity contribution >= 4 is 34.8 Å². The van der Waals surface area contributed by atoms with Crippen LogP contribution in [0.5, 0.6) is 0 Å². The first-order valence-corrected chi connectivity index (χ1v) is 8.26. The van der Waals surface area contributed by atoms with Crippen LogP contribution in [0.3, 0.4) is 0 Å². The van der Waals surface area contributed by atoms with E-state index in [0.29, 0.717) is 10.5 Å². The number of carbonyl (C=O) groups excluding carboxylic acids is 3. The third-order valence-electron chi connectivity index (χ3n) is 3.65. The number of carbonyl (C=O) groups is 3. The molecule has 0 spiro atoms. The van der Waals surface area contributed by atoms with E-state index in [1.54, 1.807) is 36.4 Å². The van der Waals surface area contributed by atoms with Crippen LogP contribution in [-0.2, 0) is 4.79 Å². The van der Waals surface area contributed by atoms with Crippen LogP contribution in [0.2, 0.25) is 0 Å². The Morgan fingerprint density at radius 3 is 2.38 bits per heavy atom. The molecule has 2 amide bonds. The monoisotopic (exact) mass is 337 g/mol. The molecule has 0 aromatic heterocycles. The number of thioether (sulfide) groups is 1. The normalized spacial score (nSPS) is 16.0. The van der Waals surface area contributed by atoms with Gasteiger partial charge in [0.25, 0.3) is 11.1 Å². The number of aryl methyl sites for hydroxylation is 1. The fourth-order valence-electron chi connectivity index (χ4n) is 2.31. The van der Waals surface area contributed by atoms with Crippen molar-refractivity contribution in [2.75, 3.05) is 6.54 Å². The second kappa shape index (κ2) is 6.84. The minimum Gasteiger partial charge on any atom is -0.292 e. The van der Waals surface area contributed by atoms with E-state index in [9.17, 15) is 14.4 Å². The molecule has 1 fully saturated rings. The van der Waals surface area contributed by atoms with Gasteiger partial charge in [0.2, 0.25) is 0 Å². The van der Waals surface area contributed by atoms with Gasteiger partial charge in [-0.2, -0.15) is 0 Å². The number of rotatable bonds is 4. The van der Waals surface area contributed by atoms with Gasteiger partial charge in [0.05, 0.1) is 11.4 Å². The molecule has 3 rings (SSSR count). The molecule has 5 heteroatoms. The Balaban J connectivity index is 1.77. The zero-order valence-electron chi connectivity index (χ0n) is 13.1. The number of imide groups is 1. The summed E-state index contributed by atoms with van der Waals surface area (Å²) in [5.74, 6) is -0.677. The second-order valence-corrected chi connectivity index (χ2v) is 6.46. The molecule has 1 saturated heterocycles. The van der Waals surface area contributed by atoms with Crippen molar-refractivity contribution in [2.24, 2.45) is 0 Å². The number of Topliss-reactive ketones (excluding diaryl/α,β-unsaturated/α-hetero) is 1. The molecule has 24 heavy (non-hydrogen) atoms. The van der Waals surface area contributed by atoms with Gasteiger partial charge in [-0.05, 0) is 30.3 Å². The molecule has 0 atom stereocenters.